The zero-order chi connectivity index (χ0) is 18.9. The molecule has 2 aromatic rings. The largest absolute Gasteiger partial charge is 0.375 e. The molecule has 0 spiro atoms. The Morgan fingerprint density at radius 2 is 1.96 bits per heavy atom. The van der Waals surface area contributed by atoms with Crippen LogP contribution in [-0.4, -0.2) is 23.3 Å². The van der Waals surface area contributed by atoms with E-state index in [1.165, 1.54) is 4.90 Å². The molecule has 0 saturated carbocycles. The average Bonchev–Trinajstić information content (AvgIpc) is 2.84. The van der Waals surface area contributed by atoms with Crippen LogP contribution in [0.4, 0.5) is 5.69 Å². The first kappa shape index (κ1) is 18.5. The van der Waals surface area contributed by atoms with Crippen molar-refractivity contribution >= 4 is 33.3 Å². The summed E-state index contributed by atoms with van der Waals surface area (Å²) in [6.45, 7) is 5.98. The van der Waals surface area contributed by atoms with Crippen LogP contribution in [0.1, 0.15) is 34.8 Å². The predicted molar refractivity (Wildman–Crippen MR) is 105 cm³/mol. The second-order valence-electron chi connectivity index (χ2n) is 6.38. The highest BCUT2D eigenvalue weighted by Gasteiger charge is 2.50. The van der Waals surface area contributed by atoms with Crippen molar-refractivity contribution in [3.63, 3.8) is 0 Å². The van der Waals surface area contributed by atoms with Gasteiger partial charge in [-0.25, -0.2) is 0 Å². The number of aliphatic hydroxyl groups is 1. The third-order valence-corrected chi connectivity index (χ3v) is 5.20. The molecule has 1 heterocycles. The Hall–Kier alpha value is -2.24. The number of nitrogens with zero attached hydrogens (tertiary/aromatic N) is 1. The maximum Gasteiger partial charge on any atom is 0.264 e. The van der Waals surface area contributed by atoms with Crippen LogP contribution in [0.3, 0.4) is 0 Å². The van der Waals surface area contributed by atoms with Crippen LogP contribution in [0.2, 0.25) is 0 Å². The highest BCUT2D eigenvalue weighted by molar-refractivity contribution is 9.10. The van der Waals surface area contributed by atoms with Crippen molar-refractivity contribution in [2.45, 2.75) is 25.4 Å². The number of Topliss-reactive ketones (excluding diaryl/α,β-unsaturated/α-hetero) is 1. The minimum atomic E-state index is -1.87. The normalized spacial score (nSPS) is 18.7. The molecule has 5 heteroatoms. The van der Waals surface area contributed by atoms with E-state index in [0.717, 1.165) is 16.5 Å². The number of ketones is 1. The fourth-order valence-electron chi connectivity index (χ4n) is 3.26. The van der Waals surface area contributed by atoms with E-state index in [2.05, 4.69) is 22.5 Å². The van der Waals surface area contributed by atoms with E-state index >= 15 is 0 Å². The van der Waals surface area contributed by atoms with E-state index in [4.69, 9.17) is 0 Å². The first-order chi connectivity index (χ1) is 12.4. The average molecular weight is 414 g/mol. The van der Waals surface area contributed by atoms with Gasteiger partial charge < -0.3 is 10.0 Å². The van der Waals surface area contributed by atoms with Crippen molar-refractivity contribution < 1.29 is 14.7 Å². The number of carbonyl (C=O) groups is 2. The number of hydrogen-bond donors (Lipinski definition) is 1. The minimum Gasteiger partial charge on any atom is -0.375 e. The Morgan fingerprint density at radius 3 is 2.58 bits per heavy atom. The van der Waals surface area contributed by atoms with Gasteiger partial charge in [0.1, 0.15) is 0 Å². The Morgan fingerprint density at radius 1 is 1.27 bits per heavy atom. The Balaban J connectivity index is 1.97. The quantitative estimate of drug-likeness (QED) is 0.574. The third kappa shape index (κ3) is 3.13. The summed E-state index contributed by atoms with van der Waals surface area (Å²) in [5, 5.41) is 11.2. The van der Waals surface area contributed by atoms with Crippen molar-refractivity contribution in [2.24, 2.45) is 0 Å². The second-order valence-corrected chi connectivity index (χ2v) is 7.29. The Bertz CT molecular complexity index is 875. The highest BCUT2D eigenvalue weighted by atomic mass is 79.9. The molecule has 1 aliphatic heterocycles. The van der Waals surface area contributed by atoms with Gasteiger partial charge in [-0.15, -0.1) is 6.58 Å². The molecular weight excluding hydrogens is 394 g/mol. The zero-order valence-electron chi connectivity index (χ0n) is 14.5. The SMILES string of the molecule is C=CCN1C(=O)[C@@](O)(CC(=O)c2ccc(CC)cc2)c2cc(Br)ccc21. The Labute approximate surface area is 161 Å². The minimum absolute atomic E-state index is 0.269. The number of aryl methyl sites for hydroxylation is 1. The lowest BCUT2D eigenvalue weighted by molar-refractivity contribution is -0.135. The van der Waals surface area contributed by atoms with Gasteiger partial charge in [-0.05, 0) is 30.2 Å². The lowest BCUT2D eigenvalue weighted by atomic mass is 9.88. The third-order valence-electron chi connectivity index (χ3n) is 4.71. The molecule has 1 N–H and O–H groups in total. The van der Waals surface area contributed by atoms with Gasteiger partial charge in [-0.3, -0.25) is 9.59 Å². The summed E-state index contributed by atoms with van der Waals surface area (Å²) in [4.78, 5) is 27.1. The molecule has 4 nitrogen and oxygen atoms in total. The van der Waals surface area contributed by atoms with E-state index in [-0.39, 0.29) is 18.7 Å². The number of anilines is 1. The molecule has 26 heavy (non-hydrogen) atoms. The maximum absolute atomic E-state index is 12.9. The van der Waals surface area contributed by atoms with E-state index < -0.39 is 11.5 Å². The zero-order valence-corrected chi connectivity index (χ0v) is 16.1. The molecule has 0 unspecified atom stereocenters. The fourth-order valence-corrected chi connectivity index (χ4v) is 3.63. The van der Waals surface area contributed by atoms with Crippen molar-refractivity contribution in [1.29, 1.82) is 0 Å². The number of hydrogen-bond acceptors (Lipinski definition) is 3. The maximum atomic E-state index is 12.9. The number of benzene rings is 2. The smallest absolute Gasteiger partial charge is 0.264 e. The first-order valence-electron chi connectivity index (χ1n) is 8.48. The van der Waals surface area contributed by atoms with Crippen LogP contribution in [0.15, 0.2) is 59.6 Å². The number of fused-ring (bicyclic) bond motifs is 1. The number of halogens is 1. The summed E-state index contributed by atoms with van der Waals surface area (Å²) in [6, 6.07) is 12.5. The fraction of sp³-hybridized carbons (Fsp3) is 0.238. The van der Waals surface area contributed by atoms with Crippen LogP contribution in [0.5, 0.6) is 0 Å². The molecule has 3 rings (SSSR count). The van der Waals surface area contributed by atoms with E-state index in [1.54, 1.807) is 36.4 Å². The van der Waals surface area contributed by atoms with Crippen LogP contribution >= 0.6 is 15.9 Å². The molecule has 0 saturated heterocycles. The molecule has 0 aromatic heterocycles. The predicted octanol–water partition coefficient (Wildman–Crippen LogP) is 4.00. The highest BCUT2D eigenvalue weighted by Crippen LogP contribution is 2.44. The lowest BCUT2D eigenvalue weighted by Crippen LogP contribution is -2.41. The molecule has 1 aliphatic rings. The van der Waals surface area contributed by atoms with E-state index in [1.807, 2.05) is 19.1 Å². The van der Waals surface area contributed by atoms with Gasteiger partial charge in [0.05, 0.1) is 12.1 Å². The first-order valence-corrected chi connectivity index (χ1v) is 9.27. The molecule has 1 amide bonds. The summed E-state index contributed by atoms with van der Waals surface area (Å²) in [7, 11) is 0. The summed E-state index contributed by atoms with van der Waals surface area (Å²) >= 11 is 3.38. The monoisotopic (exact) mass is 413 g/mol. The number of amides is 1. The van der Waals surface area contributed by atoms with Crippen molar-refractivity contribution in [3.05, 3.63) is 76.3 Å². The topological polar surface area (TPSA) is 57.6 Å². The molecule has 1 atom stereocenters. The van der Waals surface area contributed by atoms with Gasteiger partial charge in [0.15, 0.2) is 11.4 Å². The molecule has 0 aliphatic carbocycles. The molecule has 0 fully saturated rings. The van der Waals surface area contributed by atoms with Gasteiger partial charge in [0.2, 0.25) is 0 Å². The number of rotatable bonds is 6. The van der Waals surface area contributed by atoms with E-state index in [0.29, 0.717) is 16.8 Å². The number of carbonyl (C=O) groups excluding carboxylic acids is 2. The molecule has 0 bridgehead atoms. The lowest BCUT2D eigenvalue weighted by Gasteiger charge is -2.22. The van der Waals surface area contributed by atoms with Gasteiger partial charge >= 0.3 is 0 Å². The Kier molecular flexibility index (Phi) is 5.12. The van der Waals surface area contributed by atoms with Gasteiger partial charge in [-0.2, -0.15) is 0 Å². The van der Waals surface area contributed by atoms with Gasteiger partial charge in [0, 0.05) is 22.1 Å². The molecular formula is C21H20BrNO3. The standard InChI is InChI=1S/C21H20BrNO3/c1-3-11-23-18-10-9-16(22)12-17(18)21(26,20(23)25)13-19(24)15-7-5-14(4-2)6-8-15/h3,5-10,12,26H,1,4,11,13H2,2H3/t21-/m1/s1. The van der Waals surface area contributed by atoms with Gasteiger partial charge in [-0.1, -0.05) is 53.2 Å². The van der Waals surface area contributed by atoms with Crippen molar-refractivity contribution in [1.82, 2.24) is 0 Å². The van der Waals surface area contributed by atoms with Crippen LogP contribution < -0.4 is 4.90 Å². The van der Waals surface area contributed by atoms with Crippen molar-refractivity contribution in [2.75, 3.05) is 11.4 Å². The van der Waals surface area contributed by atoms with Gasteiger partial charge in [0.25, 0.3) is 5.91 Å². The molecule has 134 valence electrons. The summed E-state index contributed by atoms with van der Waals surface area (Å²) in [5.41, 5.74) is 0.792. The van der Waals surface area contributed by atoms with Crippen LogP contribution in [-0.2, 0) is 16.8 Å². The summed E-state index contributed by atoms with van der Waals surface area (Å²) < 4.78 is 0.739. The summed E-state index contributed by atoms with van der Waals surface area (Å²) in [5.74, 6) is -0.765. The van der Waals surface area contributed by atoms with E-state index in [9.17, 15) is 14.7 Å². The second kappa shape index (κ2) is 7.17. The summed E-state index contributed by atoms with van der Waals surface area (Å²) in [6.07, 6.45) is 2.18. The van der Waals surface area contributed by atoms with Crippen LogP contribution in [0, 0.1) is 0 Å². The van der Waals surface area contributed by atoms with Crippen molar-refractivity contribution in [3.8, 4) is 0 Å². The molecule has 2 aromatic carbocycles. The van der Waals surface area contributed by atoms with Crippen LogP contribution in [0.25, 0.3) is 0 Å². The molecule has 0 radical (unpaired) electrons.